The summed E-state index contributed by atoms with van der Waals surface area (Å²) in [7, 11) is 0. The Kier molecular flexibility index (Phi) is 6.66. The standard InChI is InChI=1S/C14H26N2O5.2H2/c1-13(2,3)20-10(17)8-7-9(16-12(15)19)11(18)21-14(4,5)6;;/h9H,7-8H2,1-6H3,(H3,15,16,19);2*1H/t9-;;/m0../s1. The number of nitrogens with one attached hydrogen (secondary N) is 1. The number of hydrogen-bond donors (Lipinski definition) is 2. The van der Waals surface area contributed by atoms with Gasteiger partial charge in [0, 0.05) is 9.27 Å². The molecule has 0 aliphatic carbocycles. The number of primary amides is 1. The van der Waals surface area contributed by atoms with Crippen molar-refractivity contribution in [3.05, 3.63) is 0 Å². The lowest BCUT2D eigenvalue weighted by Crippen LogP contribution is -2.46. The predicted molar refractivity (Wildman–Crippen MR) is 81.7 cm³/mol. The van der Waals surface area contributed by atoms with Crippen LogP contribution in [0.2, 0.25) is 0 Å². The van der Waals surface area contributed by atoms with Crippen molar-refractivity contribution in [1.82, 2.24) is 5.32 Å². The minimum absolute atomic E-state index is 0. The van der Waals surface area contributed by atoms with Crippen molar-refractivity contribution in [3.8, 4) is 0 Å². The number of nitrogens with two attached hydrogens (primary N) is 1. The van der Waals surface area contributed by atoms with E-state index in [1.165, 1.54) is 0 Å². The first-order chi connectivity index (χ1) is 9.30. The summed E-state index contributed by atoms with van der Waals surface area (Å²) < 4.78 is 10.3. The number of hydrogen-bond acceptors (Lipinski definition) is 5. The maximum Gasteiger partial charge on any atom is 0.329 e. The van der Waals surface area contributed by atoms with Gasteiger partial charge in [0.05, 0.1) is 0 Å². The van der Waals surface area contributed by atoms with Crippen molar-refractivity contribution in [1.29, 1.82) is 0 Å². The minimum atomic E-state index is -0.978. The van der Waals surface area contributed by atoms with E-state index in [0.29, 0.717) is 0 Å². The van der Waals surface area contributed by atoms with Crippen molar-refractivity contribution in [2.45, 2.75) is 71.6 Å². The summed E-state index contributed by atoms with van der Waals surface area (Å²) >= 11 is 0. The Morgan fingerprint density at radius 1 is 1.05 bits per heavy atom. The van der Waals surface area contributed by atoms with Gasteiger partial charge in [0.25, 0.3) is 0 Å². The summed E-state index contributed by atoms with van der Waals surface area (Å²) in [5, 5.41) is 2.28. The second-order valence-electron chi connectivity index (χ2n) is 6.72. The highest BCUT2D eigenvalue weighted by molar-refractivity contribution is 5.83. The fourth-order valence-corrected chi connectivity index (χ4v) is 1.45. The van der Waals surface area contributed by atoms with E-state index in [2.05, 4.69) is 5.32 Å². The fourth-order valence-electron chi connectivity index (χ4n) is 1.45. The third-order valence-corrected chi connectivity index (χ3v) is 2.06. The topological polar surface area (TPSA) is 108 Å². The lowest BCUT2D eigenvalue weighted by molar-refractivity contribution is -0.158. The van der Waals surface area contributed by atoms with Crippen molar-refractivity contribution in [2.24, 2.45) is 5.73 Å². The second kappa shape index (κ2) is 7.28. The van der Waals surface area contributed by atoms with E-state index in [9.17, 15) is 14.4 Å². The molecule has 0 aromatic carbocycles. The molecule has 0 unspecified atom stereocenters. The van der Waals surface area contributed by atoms with Crippen molar-refractivity contribution in [3.63, 3.8) is 0 Å². The fraction of sp³-hybridized carbons (Fsp3) is 0.786. The largest absolute Gasteiger partial charge is 0.460 e. The molecule has 0 bridgehead atoms. The van der Waals surface area contributed by atoms with Crippen LogP contribution in [0.5, 0.6) is 0 Å². The molecular weight excluding hydrogens is 276 g/mol. The van der Waals surface area contributed by atoms with Crippen LogP contribution in [0.3, 0.4) is 0 Å². The lowest BCUT2D eigenvalue weighted by atomic mass is 10.1. The maximum absolute atomic E-state index is 11.9. The molecule has 2 amide bonds. The lowest BCUT2D eigenvalue weighted by Gasteiger charge is -2.24. The van der Waals surface area contributed by atoms with Crippen LogP contribution in [-0.2, 0) is 19.1 Å². The summed E-state index contributed by atoms with van der Waals surface area (Å²) in [6, 6.07) is -1.83. The molecule has 126 valence electrons. The highest BCUT2D eigenvalue weighted by atomic mass is 16.6. The molecule has 0 rings (SSSR count). The Morgan fingerprint density at radius 2 is 1.52 bits per heavy atom. The van der Waals surface area contributed by atoms with E-state index in [0.717, 1.165) is 0 Å². The number of amides is 2. The number of ether oxygens (including phenoxy) is 2. The van der Waals surface area contributed by atoms with Crippen LogP contribution in [0.1, 0.15) is 57.2 Å². The Bertz CT molecular complexity index is 403. The van der Waals surface area contributed by atoms with Gasteiger partial charge in [0.1, 0.15) is 17.2 Å². The van der Waals surface area contributed by atoms with Crippen LogP contribution in [-0.4, -0.2) is 35.2 Å². The zero-order chi connectivity index (χ0) is 16.8. The van der Waals surface area contributed by atoms with E-state index in [4.69, 9.17) is 15.2 Å². The Morgan fingerprint density at radius 3 is 1.90 bits per heavy atom. The SMILES string of the molecule is CC(C)(C)OC(=O)CC[C@H](NC(N)=O)C(=O)OC(C)(C)C.[HH].[HH]. The average Bonchev–Trinajstić information content (AvgIpc) is 2.18. The highest BCUT2D eigenvalue weighted by Crippen LogP contribution is 2.13. The number of urea groups is 1. The number of carbonyl (C=O) groups excluding carboxylic acids is 3. The predicted octanol–water partition coefficient (Wildman–Crippen LogP) is 1.98. The molecule has 21 heavy (non-hydrogen) atoms. The molecule has 0 aliphatic heterocycles. The molecule has 0 heterocycles. The molecule has 7 nitrogen and oxygen atoms in total. The van der Waals surface area contributed by atoms with Crippen molar-refractivity contribution >= 4 is 18.0 Å². The van der Waals surface area contributed by atoms with Gasteiger partial charge < -0.3 is 20.5 Å². The van der Waals surface area contributed by atoms with Crippen LogP contribution < -0.4 is 11.1 Å². The average molecular weight is 306 g/mol. The third kappa shape index (κ3) is 10.6. The van der Waals surface area contributed by atoms with Gasteiger partial charge in [0.15, 0.2) is 0 Å². The number of carbonyl (C=O) groups is 3. The summed E-state index contributed by atoms with van der Waals surface area (Å²) in [5.74, 6) is -1.09. The van der Waals surface area contributed by atoms with E-state index in [1.54, 1.807) is 41.5 Å². The molecular formula is C14H30N2O5. The molecule has 0 aromatic heterocycles. The van der Waals surface area contributed by atoms with Gasteiger partial charge in [0.2, 0.25) is 0 Å². The van der Waals surface area contributed by atoms with Crippen molar-refractivity contribution < 1.29 is 26.7 Å². The molecule has 7 heteroatoms. The van der Waals surface area contributed by atoms with E-state index < -0.39 is 35.2 Å². The van der Waals surface area contributed by atoms with Crippen LogP contribution >= 0.6 is 0 Å². The molecule has 0 spiro atoms. The van der Waals surface area contributed by atoms with Gasteiger partial charge in [-0.05, 0) is 48.0 Å². The second-order valence-corrected chi connectivity index (χ2v) is 6.72. The molecule has 1 atom stereocenters. The van der Waals surface area contributed by atoms with Gasteiger partial charge in [-0.25, -0.2) is 9.59 Å². The summed E-state index contributed by atoms with van der Waals surface area (Å²) in [5.41, 5.74) is 3.73. The molecule has 0 aromatic rings. The van der Waals surface area contributed by atoms with Crippen LogP contribution in [0.15, 0.2) is 0 Å². The monoisotopic (exact) mass is 306 g/mol. The zero-order valence-corrected chi connectivity index (χ0v) is 13.6. The molecule has 0 radical (unpaired) electrons. The van der Waals surface area contributed by atoms with Gasteiger partial charge in [-0.15, -0.1) is 0 Å². The quantitative estimate of drug-likeness (QED) is 0.755. The van der Waals surface area contributed by atoms with Crippen LogP contribution in [0.4, 0.5) is 4.79 Å². The van der Waals surface area contributed by atoms with Gasteiger partial charge >= 0.3 is 18.0 Å². The number of rotatable bonds is 5. The first-order valence-electron chi connectivity index (χ1n) is 6.81. The van der Waals surface area contributed by atoms with E-state index in [1.807, 2.05) is 0 Å². The van der Waals surface area contributed by atoms with Gasteiger partial charge in [-0.3, -0.25) is 4.79 Å². The van der Waals surface area contributed by atoms with Gasteiger partial charge in [-0.1, -0.05) is 0 Å². The van der Waals surface area contributed by atoms with Crippen molar-refractivity contribution in [2.75, 3.05) is 0 Å². The number of esters is 2. The Balaban J connectivity index is -0.00000200. The summed E-state index contributed by atoms with van der Waals surface area (Å²) in [6.07, 6.45) is 0.0359. The minimum Gasteiger partial charge on any atom is -0.460 e. The molecule has 0 saturated heterocycles. The smallest absolute Gasteiger partial charge is 0.329 e. The molecule has 0 aliphatic rings. The maximum atomic E-state index is 11.9. The Hall–Kier alpha value is -1.79. The first-order valence-corrected chi connectivity index (χ1v) is 6.81. The normalized spacial score (nSPS) is 13.2. The Labute approximate surface area is 128 Å². The molecule has 0 fully saturated rings. The molecule has 0 saturated carbocycles. The van der Waals surface area contributed by atoms with Crippen LogP contribution in [0, 0.1) is 0 Å². The van der Waals surface area contributed by atoms with Gasteiger partial charge in [-0.2, -0.15) is 0 Å². The zero-order valence-electron chi connectivity index (χ0n) is 13.6. The first kappa shape index (κ1) is 19.2. The third-order valence-electron chi connectivity index (χ3n) is 2.06. The summed E-state index contributed by atoms with van der Waals surface area (Å²) in [4.78, 5) is 34.5. The van der Waals surface area contributed by atoms with E-state index in [-0.39, 0.29) is 15.7 Å². The highest BCUT2D eigenvalue weighted by Gasteiger charge is 2.27. The summed E-state index contributed by atoms with van der Waals surface area (Å²) in [6.45, 7) is 10.4. The van der Waals surface area contributed by atoms with E-state index >= 15 is 0 Å². The van der Waals surface area contributed by atoms with Crippen LogP contribution in [0.25, 0.3) is 0 Å². The molecule has 3 N–H and O–H groups in total.